The summed E-state index contributed by atoms with van der Waals surface area (Å²) in [7, 11) is 0. The molecule has 0 aromatic heterocycles. The van der Waals surface area contributed by atoms with Crippen LogP contribution in [0.3, 0.4) is 0 Å². The Morgan fingerprint density at radius 1 is 1.50 bits per heavy atom. The van der Waals surface area contributed by atoms with E-state index in [0.29, 0.717) is 6.42 Å². The lowest BCUT2D eigenvalue weighted by atomic mass is 10.1. The first-order chi connectivity index (χ1) is 8.51. The second kappa shape index (κ2) is 7.39. The second-order valence-electron chi connectivity index (χ2n) is 4.68. The highest BCUT2D eigenvalue weighted by Crippen LogP contribution is 2.12. The number of benzene rings is 1. The van der Waals surface area contributed by atoms with E-state index in [1.165, 1.54) is 0 Å². The molecule has 0 heterocycles. The van der Waals surface area contributed by atoms with E-state index >= 15 is 0 Å². The Kier molecular flexibility index (Phi) is 6.16. The summed E-state index contributed by atoms with van der Waals surface area (Å²) in [4.78, 5) is 11.7. The van der Waals surface area contributed by atoms with Crippen LogP contribution in [0, 0.1) is 0 Å². The molecular weight excluding hydrogens is 248 g/mol. The summed E-state index contributed by atoms with van der Waals surface area (Å²) in [5.74, 6) is 0.0129. The van der Waals surface area contributed by atoms with Gasteiger partial charge in [-0.2, -0.15) is 0 Å². The summed E-state index contributed by atoms with van der Waals surface area (Å²) in [6.45, 7) is 3.96. The molecule has 4 heteroatoms. The zero-order valence-corrected chi connectivity index (χ0v) is 11.7. The van der Waals surface area contributed by atoms with Crippen LogP contribution in [0.5, 0.6) is 0 Å². The van der Waals surface area contributed by atoms with Crippen LogP contribution in [-0.2, 0) is 11.2 Å². The summed E-state index contributed by atoms with van der Waals surface area (Å²) in [5, 5.41) is 3.67. The fraction of sp³-hybridized carbons (Fsp3) is 0.500. The molecule has 18 heavy (non-hydrogen) atoms. The fourth-order valence-corrected chi connectivity index (χ4v) is 2.00. The van der Waals surface area contributed by atoms with Crippen LogP contribution in [0.15, 0.2) is 24.3 Å². The number of carbonyl (C=O) groups excluding carboxylic acids is 1. The summed E-state index contributed by atoms with van der Waals surface area (Å²) in [6, 6.07) is 7.71. The van der Waals surface area contributed by atoms with Crippen molar-refractivity contribution in [3.63, 3.8) is 0 Å². The van der Waals surface area contributed by atoms with Crippen LogP contribution < -0.4 is 11.1 Å². The van der Waals surface area contributed by atoms with Gasteiger partial charge in [-0.1, -0.05) is 30.7 Å². The average Bonchev–Trinajstić information content (AvgIpc) is 2.28. The van der Waals surface area contributed by atoms with Gasteiger partial charge in [-0.05, 0) is 37.5 Å². The minimum atomic E-state index is -0.0524. The highest BCUT2D eigenvalue weighted by atomic mass is 35.5. The van der Waals surface area contributed by atoms with E-state index in [4.69, 9.17) is 17.3 Å². The van der Waals surface area contributed by atoms with Crippen molar-refractivity contribution >= 4 is 17.5 Å². The Hall–Kier alpha value is -1.06. The molecule has 2 atom stereocenters. The van der Waals surface area contributed by atoms with Gasteiger partial charge >= 0.3 is 0 Å². The summed E-state index contributed by atoms with van der Waals surface area (Å²) in [6.07, 6.45) is 1.97. The molecule has 0 bridgehead atoms. The molecule has 0 fully saturated rings. The predicted molar refractivity (Wildman–Crippen MR) is 75.6 cm³/mol. The quantitative estimate of drug-likeness (QED) is 0.833. The van der Waals surface area contributed by atoms with Gasteiger partial charge in [0.2, 0.25) is 5.91 Å². The van der Waals surface area contributed by atoms with Crippen LogP contribution in [0.25, 0.3) is 0 Å². The molecule has 3 nitrogen and oxygen atoms in total. The minimum absolute atomic E-state index is 0.0129. The topological polar surface area (TPSA) is 55.1 Å². The maximum atomic E-state index is 11.7. The van der Waals surface area contributed by atoms with E-state index in [1.807, 2.05) is 38.1 Å². The fourth-order valence-electron chi connectivity index (χ4n) is 1.78. The molecule has 0 saturated carbocycles. The number of nitrogens with one attached hydrogen (secondary N) is 1. The number of amides is 1. The van der Waals surface area contributed by atoms with Crippen molar-refractivity contribution in [1.82, 2.24) is 5.32 Å². The van der Waals surface area contributed by atoms with Crippen LogP contribution in [0.1, 0.15) is 32.3 Å². The van der Waals surface area contributed by atoms with Gasteiger partial charge in [0, 0.05) is 23.5 Å². The molecule has 0 aliphatic heterocycles. The maximum Gasteiger partial charge on any atom is 0.221 e. The number of rotatable bonds is 6. The Balaban J connectivity index is 2.42. The van der Waals surface area contributed by atoms with Gasteiger partial charge in [0.1, 0.15) is 0 Å². The lowest BCUT2D eigenvalue weighted by Crippen LogP contribution is -2.37. The third kappa shape index (κ3) is 5.52. The number of hydrogen-bond donors (Lipinski definition) is 2. The lowest BCUT2D eigenvalue weighted by Gasteiger charge is -2.15. The molecule has 3 N–H and O–H groups in total. The first-order valence-corrected chi connectivity index (χ1v) is 6.68. The molecule has 100 valence electrons. The summed E-state index contributed by atoms with van der Waals surface area (Å²) >= 11 is 5.92. The number of nitrogens with two attached hydrogens (primary N) is 1. The molecule has 0 aliphatic rings. The highest BCUT2D eigenvalue weighted by Gasteiger charge is 2.11. The molecule has 1 aromatic carbocycles. The zero-order valence-electron chi connectivity index (χ0n) is 10.9. The van der Waals surface area contributed by atoms with Crippen LogP contribution in [-0.4, -0.2) is 18.0 Å². The molecule has 1 amide bonds. The minimum Gasteiger partial charge on any atom is -0.353 e. The Morgan fingerprint density at radius 2 is 2.22 bits per heavy atom. The second-order valence-corrected chi connectivity index (χ2v) is 5.11. The van der Waals surface area contributed by atoms with E-state index < -0.39 is 0 Å². The SMILES string of the molecule is CCC(N)CC(=O)NC(C)Cc1cccc(Cl)c1. The maximum absolute atomic E-state index is 11.7. The van der Waals surface area contributed by atoms with Crippen molar-refractivity contribution in [2.24, 2.45) is 5.73 Å². The van der Waals surface area contributed by atoms with Gasteiger partial charge in [-0.3, -0.25) is 4.79 Å². The number of hydrogen-bond acceptors (Lipinski definition) is 2. The number of halogens is 1. The molecule has 0 radical (unpaired) electrons. The van der Waals surface area contributed by atoms with Gasteiger partial charge in [-0.15, -0.1) is 0 Å². The van der Waals surface area contributed by atoms with Crippen molar-refractivity contribution < 1.29 is 4.79 Å². The van der Waals surface area contributed by atoms with Gasteiger partial charge in [0.25, 0.3) is 0 Å². The van der Waals surface area contributed by atoms with Crippen LogP contribution >= 0.6 is 11.6 Å². The van der Waals surface area contributed by atoms with Gasteiger partial charge < -0.3 is 11.1 Å². The summed E-state index contributed by atoms with van der Waals surface area (Å²) < 4.78 is 0. The van der Waals surface area contributed by atoms with Crippen LogP contribution in [0.2, 0.25) is 5.02 Å². The van der Waals surface area contributed by atoms with Crippen LogP contribution in [0.4, 0.5) is 0 Å². The van der Waals surface area contributed by atoms with E-state index in [9.17, 15) is 4.79 Å². The summed E-state index contributed by atoms with van der Waals surface area (Å²) in [5.41, 5.74) is 6.86. The monoisotopic (exact) mass is 268 g/mol. The van der Waals surface area contributed by atoms with Crippen molar-refractivity contribution in [3.8, 4) is 0 Å². The molecule has 0 saturated heterocycles. The molecule has 2 unspecified atom stereocenters. The first-order valence-electron chi connectivity index (χ1n) is 6.30. The van der Waals surface area contributed by atoms with E-state index in [2.05, 4.69) is 5.32 Å². The highest BCUT2D eigenvalue weighted by molar-refractivity contribution is 6.30. The molecule has 0 spiro atoms. The van der Waals surface area contributed by atoms with Gasteiger partial charge in [0.15, 0.2) is 0 Å². The zero-order chi connectivity index (χ0) is 13.5. The first kappa shape index (κ1) is 15.0. The van der Waals surface area contributed by atoms with Crippen molar-refractivity contribution in [1.29, 1.82) is 0 Å². The standard InChI is InChI=1S/C14H21ClN2O/c1-3-13(16)9-14(18)17-10(2)7-11-5-4-6-12(15)8-11/h4-6,8,10,13H,3,7,9,16H2,1-2H3,(H,17,18). The average molecular weight is 269 g/mol. The Labute approximate surface area is 114 Å². The van der Waals surface area contributed by atoms with E-state index in [-0.39, 0.29) is 18.0 Å². The van der Waals surface area contributed by atoms with E-state index in [0.717, 1.165) is 23.4 Å². The molecular formula is C14H21ClN2O. The van der Waals surface area contributed by atoms with Gasteiger partial charge in [-0.25, -0.2) is 0 Å². The molecule has 1 aromatic rings. The number of carbonyl (C=O) groups is 1. The molecule has 0 aliphatic carbocycles. The Morgan fingerprint density at radius 3 is 2.83 bits per heavy atom. The van der Waals surface area contributed by atoms with Crippen molar-refractivity contribution in [3.05, 3.63) is 34.9 Å². The third-order valence-corrected chi connectivity index (χ3v) is 3.05. The molecule has 1 rings (SSSR count). The smallest absolute Gasteiger partial charge is 0.221 e. The normalized spacial score (nSPS) is 14.0. The predicted octanol–water partition coefficient (Wildman–Crippen LogP) is 2.51. The Bertz CT molecular complexity index is 395. The van der Waals surface area contributed by atoms with E-state index in [1.54, 1.807) is 0 Å². The van der Waals surface area contributed by atoms with Crippen molar-refractivity contribution in [2.45, 2.75) is 45.2 Å². The lowest BCUT2D eigenvalue weighted by molar-refractivity contribution is -0.122. The van der Waals surface area contributed by atoms with Crippen molar-refractivity contribution in [2.75, 3.05) is 0 Å². The largest absolute Gasteiger partial charge is 0.353 e. The third-order valence-electron chi connectivity index (χ3n) is 2.81. The van der Waals surface area contributed by atoms with Gasteiger partial charge in [0.05, 0.1) is 0 Å².